The summed E-state index contributed by atoms with van der Waals surface area (Å²) in [5.41, 5.74) is 0.458. The van der Waals surface area contributed by atoms with Crippen LogP contribution in [0.3, 0.4) is 0 Å². The number of halogens is 3. The molecule has 0 amide bonds. The lowest BCUT2D eigenvalue weighted by Crippen LogP contribution is -2.18. The van der Waals surface area contributed by atoms with E-state index in [2.05, 4.69) is 21.2 Å². The molecule has 0 aliphatic carbocycles. The second kappa shape index (κ2) is 5.43. The molecule has 0 bridgehead atoms. The van der Waals surface area contributed by atoms with Gasteiger partial charge < -0.3 is 9.73 Å². The SMILES string of the molecule is CNC(c1ccc(C)o1)c1cc(Cl)c(Br)cc1F. The van der Waals surface area contributed by atoms with Crippen molar-refractivity contribution >= 4 is 27.5 Å². The highest BCUT2D eigenvalue weighted by atomic mass is 79.9. The quantitative estimate of drug-likeness (QED) is 0.840. The highest BCUT2D eigenvalue weighted by molar-refractivity contribution is 9.10. The number of benzene rings is 1. The van der Waals surface area contributed by atoms with Gasteiger partial charge in [-0.15, -0.1) is 0 Å². The summed E-state index contributed by atoms with van der Waals surface area (Å²) >= 11 is 9.20. The summed E-state index contributed by atoms with van der Waals surface area (Å²) in [6.45, 7) is 1.85. The second-order valence-corrected chi connectivity index (χ2v) is 5.22. The molecule has 0 radical (unpaired) electrons. The van der Waals surface area contributed by atoms with E-state index in [1.807, 2.05) is 19.1 Å². The molecule has 1 N–H and O–H groups in total. The van der Waals surface area contributed by atoms with Gasteiger partial charge in [0.2, 0.25) is 0 Å². The smallest absolute Gasteiger partial charge is 0.129 e. The molecule has 0 saturated carbocycles. The van der Waals surface area contributed by atoms with E-state index in [4.69, 9.17) is 16.0 Å². The van der Waals surface area contributed by atoms with Crippen LogP contribution in [0, 0.1) is 12.7 Å². The molecule has 1 atom stereocenters. The highest BCUT2D eigenvalue weighted by Crippen LogP contribution is 2.32. The maximum atomic E-state index is 14.0. The minimum Gasteiger partial charge on any atom is -0.464 e. The summed E-state index contributed by atoms with van der Waals surface area (Å²) in [7, 11) is 1.75. The fraction of sp³-hybridized carbons (Fsp3) is 0.231. The Morgan fingerprint density at radius 1 is 1.39 bits per heavy atom. The van der Waals surface area contributed by atoms with E-state index in [1.165, 1.54) is 6.07 Å². The maximum absolute atomic E-state index is 14.0. The van der Waals surface area contributed by atoms with Gasteiger partial charge in [-0.25, -0.2) is 4.39 Å². The summed E-state index contributed by atoms with van der Waals surface area (Å²) in [4.78, 5) is 0. The Balaban J connectivity index is 2.48. The number of nitrogens with one attached hydrogen (secondary N) is 1. The van der Waals surface area contributed by atoms with E-state index in [0.717, 1.165) is 5.76 Å². The molecule has 5 heteroatoms. The summed E-state index contributed by atoms with van der Waals surface area (Å²) in [5, 5.41) is 3.50. The van der Waals surface area contributed by atoms with Crippen LogP contribution in [0.2, 0.25) is 5.02 Å². The molecular weight excluding hydrogens is 321 g/mol. The predicted molar refractivity (Wildman–Crippen MR) is 73.5 cm³/mol. The van der Waals surface area contributed by atoms with Crippen molar-refractivity contribution in [1.82, 2.24) is 5.32 Å². The van der Waals surface area contributed by atoms with Crippen molar-refractivity contribution in [2.24, 2.45) is 0 Å². The van der Waals surface area contributed by atoms with Gasteiger partial charge in [-0.3, -0.25) is 0 Å². The second-order valence-electron chi connectivity index (χ2n) is 3.96. The number of furan rings is 1. The third-order valence-corrected chi connectivity index (χ3v) is 3.88. The van der Waals surface area contributed by atoms with E-state index in [1.54, 1.807) is 13.1 Å². The zero-order chi connectivity index (χ0) is 13.3. The van der Waals surface area contributed by atoms with Gasteiger partial charge in [0, 0.05) is 10.0 Å². The topological polar surface area (TPSA) is 25.2 Å². The first-order chi connectivity index (χ1) is 8.52. The van der Waals surface area contributed by atoms with Crippen LogP contribution >= 0.6 is 27.5 Å². The van der Waals surface area contributed by atoms with Crippen LogP contribution in [0.1, 0.15) is 23.1 Å². The highest BCUT2D eigenvalue weighted by Gasteiger charge is 2.20. The Morgan fingerprint density at radius 3 is 2.67 bits per heavy atom. The number of hydrogen-bond acceptors (Lipinski definition) is 2. The zero-order valence-electron chi connectivity index (χ0n) is 9.93. The Bertz CT molecular complexity index is 570. The first kappa shape index (κ1) is 13.6. The summed E-state index contributed by atoms with van der Waals surface area (Å²) in [6.07, 6.45) is 0. The van der Waals surface area contributed by atoms with E-state index in [0.29, 0.717) is 20.8 Å². The van der Waals surface area contributed by atoms with Crippen LogP contribution in [-0.2, 0) is 0 Å². The normalized spacial score (nSPS) is 12.7. The van der Waals surface area contributed by atoms with Crippen molar-refractivity contribution < 1.29 is 8.81 Å². The molecule has 1 unspecified atom stereocenters. The van der Waals surface area contributed by atoms with Crippen molar-refractivity contribution in [3.05, 3.63) is 56.7 Å². The Hall–Kier alpha value is -0.840. The minimum atomic E-state index is -0.357. The molecule has 0 saturated heterocycles. The zero-order valence-corrected chi connectivity index (χ0v) is 12.3. The van der Waals surface area contributed by atoms with Crippen LogP contribution < -0.4 is 5.32 Å². The van der Waals surface area contributed by atoms with Gasteiger partial charge in [-0.2, -0.15) is 0 Å². The minimum absolute atomic E-state index is 0.334. The molecule has 0 aliphatic heterocycles. The number of hydrogen-bond donors (Lipinski definition) is 1. The van der Waals surface area contributed by atoms with Gasteiger partial charge in [0.15, 0.2) is 0 Å². The van der Waals surface area contributed by atoms with Gasteiger partial charge in [-0.05, 0) is 54.2 Å². The van der Waals surface area contributed by atoms with Crippen LogP contribution in [0.5, 0.6) is 0 Å². The molecule has 2 aromatic rings. The van der Waals surface area contributed by atoms with Crippen LogP contribution in [-0.4, -0.2) is 7.05 Å². The monoisotopic (exact) mass is 331 g/mol. The molecule has 0 aliphatic rings. The fourth-order valence-electron chi connectivity index (χ4n) is 1.82. The average molecular weight is 333 g/mol. The largest absolute Gasteiger partial charge is 0.464 e. The summed E-state index contributed by atoms with van der Waals surface area (Å²) in [6, 6.07) is 6.27. The molecule has 0 spiro atoms. The van der Waals surface area contributed by atoms with Gasteiger partial charge in [0.05, 0.1) is 11.1 Å². The van der Waals surface area contributed by atoms with Gasteiger partial charge >= 0.3 is 0 Å². The van der Waals surface area contributed by atoms with Crippen molar-refractivity contribution in [3.63, 3.8) is 0 Å². The third kappa shape index (κ3) is 2.60. The molecule has 0 fully saturated rings. The lowest BCUT2D eigenvalue weighted by atomic mass is 10.0. The Kier molecular flexibility index (Phi) is 4.10. The van der Waals surface area contributed by atoms with Crippen molar-refractivity contribution in [2.75, 3.05) is 7.05 Å². The van der Waals surface area contributed by atoms with E-state index in [9.17, 15) is 4.39 Å². The molecule has 96 valence electrons. The summed E-state index contributed by atoms with van der Waals surface area (Å²) < 4.78 is 20.1. The van der Waals surface area contributed by atoms with Crippen molar-refractivity contribution in [3.8, 4) is 0 Å². The van der Waals surface area contributed by atoms with Gasteiger partial charge in [0.25, 0.3) is 0 Å². The number of rotatable bonds is 3. The molecule has 1 heterocycles. The van der Waals surface area contributed by atoms with Crippen LogP contribution in [0.25, 0.3) is 0 Å². The van der Waals surface area contributed by atoms with Gasteiger partial charge in [0.1, 0.15) is 17.3 Å². The Labute approximate surface area is 118 Å². The molecule has 2 nitrogen and oxygen atoms in total. The molecule has 1 aromatic heterocycles. The average Bonchev–Trinajstić information content (AvgIpc) is 2.73. The van der Waals surface area contributed by atoms with Crippen molar-refractivity contribution in [2.45, 2.75) is 13.0 Å². The van der Waals surface area contributed by atoms with E-state index < -0.39 is 0 Å². The van der Waals surface area contributed by atoms with Crippen molar-refractivity contribution in [1.29, 1.82) is 0 Å². The first-order valence-electron chi connectivity index (χ1n) is 5.41. The fourth-order valence-corrected chi connectivity index (χ4v) is 2.31. The third-order valence-electron chi connectivity index (χ3n) is 2.68. The van der Waals surface area contributed by atoms with E-state index in [-0.39, 0.29) is 11.9 Å². The molecule has 18 heavy (non-hydrogen) atoms. The van der Waals surface area contributed by atoms with E-state index >= 15 is 0 Å². The molecule has 2 rings (SSSR count). The first-order valence-corrected chi connectivity index (χ1v) is 6.58. The lowest BCUT2D eigenvalue weighted by molar-refractivity contribution is 0.436. The lowest BCUT2D eigenvalue weighted by Gasteiger charge is -2.16. The number of aryl methyl sites for hydroxylation is 1. The Morgan fingerprint density at radius 2 is 2.11 bits per heavy atom. The maximum Gasteiger partial charge on any atom is 0.129 e. The molecule has 1 aromatic carbocycles. The van der Waals surface area contributed by atoms with Gasteiger partial charge in [-0.1, -0.05) is 11.6 Å². The van der Waals surface area contributed by atoms with Crippen LogP contribution in [0.15, 0.2) is 33.2 Å². The molecular formula is C13H12BrClFNO. The standard InChI is InChI=1S/C13H12BrClFNO/c1-7-3-4-12(18-7)13(17-2)8-5-10(15)9(14)6-11(8)16/h3-6,13,17H,1-2H3. The van der Waals surface area contributed by atoms with Crippen LogP contribution in [0.4, 0.5) is 4.39 Å². The summed E-state index contributed by atoms with van der Waals surface area (Å²) in [5.74, 6) is 1.11. The predicted octanol–water partition coefficient (Wildman–Crippen LogP) is 4.45.